The van der Waals surface area contributed by atoms with Gasteiger partial charge in [0, 0.05) is 17.8 Å². The van der Waals surface area contributed by atoms with Crippen molar-refractivity contribution in [2.24, 2.45) is 0 Å². The summed E-state index contributed by atoms with van der Waals surface area (Å²) < 4.78 is 5.26. The molecule has 1 N–H and O–H groups in total. The average Bonchev–Trinajstić information content (AvgIpc) is 2.83. The van der Waals surface area contributed by atoms with Crippen molar-refractivity contribution in [2.75, 3.05) is 13.7 Å². The molecule has 1 aromatic carbocycles. The predicted octanol–water partition coefficient (Wildman–Crippen LogP) is 4.60. The number of carbonyl (C=O) groups is 2. The van der Waals surface area contributed by atoms with Crippen LogP contribution < -0.4 is 4.74 Å². The molecule has 1 amide bonds. The van der Waals surface area contributed by atoms with Gasteiger partial charge in [-0.25, -0.2) is 0 Å². The molecule has 0 unspecified atom stereocenters. The lowest BCUT2D eigenvalue weighted by molar-refractivity contribution is 0.0674. The second-order valence-electron chi connectivity index (χ2n) is 7.32. The number of H-pyrrole nitrogens is 1. The maximum atomic E-state index is 13.4. The number of nitrogens with zero attached hydrogens (tertiary/aromatic N) is 1. The Morgan fingerprint density at radius 2 is 1.81 bits per heavy atom. The molecule has 5 heteroatoms. The van der Waals surface area contributed by atoms with Gasteiger partial charge in [0.15, 0.2) is 5.78 Å². The molecular formula is C22H28N2O3. The Morgan fingerprint density at radius 3 is 2.41 bits per heavy atom. The van der Waals surface area contributed by atoms with Gasteiger partial charge in [-0.2, -0.15) is 0 Å². The molecule has 3 rings (SSSR count). The number of methoxy groups -OCH3 is 1. The van der Waals surface area contributed by atoms with Gasteiger partial charge in [0.05, 0.1) is 13.2 Å². The fourth-order valence-corrected chi connectivity index (χ4v) is 4.16. The number of likely N-dealkylation sites (tertiary alicyclic amines) is 1. The number of nitrogens with one attached hydrogen (secondary N) is 1. The Bertz CT molecular complexity index is 836. The van der Waals surface area contributed by atoms with Gasteiger partial charge in [0.25, 0.3) is 5.91 Å². The van der Waals surface area contributed by atoms with E-state index in [1.54, 1.807) is 14.0 Å². The normalized spacial score (nSPS) is 17.5. The highest BCUT2D eigenvalue weighted by Crippen LogP contribution is 2.33. The highest BCUT2D eigenvalue weighted by molar-refractivity contribution is 6.02. The summed E-state index contributed by atoms with van der Waals surface area (Å²) in [6.45, 7) is 5.98. The van der Waals surface area contributed by atoms with Gasteiger partial charge in [-0.05, 0) is 56.9 Å². The molecule has 2 aromatic rings. The van der Waals surface area contributed by atoms with Crippen LogP contribution in [0.1, 0.15) is 76.3 Å². The number of benzene rings is 1. The molecule has 0 radical (unpaired) electrons. The molecule has 0 bridgehead atoms. The van der Waals surface area contributed by atoms with Crippen LogP contribution in [-0.4, -0.2) is 35.2 Å². The first-order valence-electron chi connectivity index (χ1n) is 9.59. The van der Waals surface area contributed by atoms with Crippen molar-refractivity contribution in [3.63, 3.8) is 0 Å². The lowest BCUT2D eigenvalue weighted by atomic mass is 9.99. The Labute approximate surface area is 160 Å². The number of hydrogen-bond acceptors (Lipinski definition) is 3. The molecule has 0 saturated carbocycles. The number of hydrogen-bond donors (Lipinski definition) is 1. The van der Waals surface area contributed by atoms with Gasteiger partial charge in [0.2, 0.25) is 0 Å². The van der Waals surface area contributed by atoms with E-state index in [-0.39, 0.29) is 17.7 Å². The van der Waals surface area contributed by atoms with Crippen LogP contribution in [0.3, 0.4) is 0 Å². The van der Waals surface area contributed by atoms with Gasteiger partial charge in [0.1, 0.15) is 11.4 Å². The summed E-state index contributed by atoms with van der Waals surface area (Å²) in [5.41, 5.74) is 3.81. The Balaban J connectivity index is 1.96. The van der Waals surface area contributed by atoms with Crippen LogP contribution in [-0.2, 0) is 0 Å². The van der Waals surface area contributed by atoms with Crippen molar-refractivity contribution in [1.29, 1.82) is 0 Å². The van der Waals surface area contributed by atoms with E-state index >= 15 is 0 Å². The monoisotopic (exact) mass is 368 g/mol. The van der Waals surface area contributed by atoms with E-state index in [9.17, 15) is 9.59 Å². The molecule has 1 aliphatic heterocycles. The second kappa shape index (κ2) is 7.99. The van der Waals surface area contributed by atoms with Crippen molar-refractivity contribution in [1.82, 2.24) is 9.88 Å². The van der Waals surface area contributed by atoms with Crippen molar-refractivity contribution < 1.29 is 14.3 Å². The molecule has 1 saturated heterocycles. The van der Waals surface area contributed by atoms with E-state index < -0.39 is 0 Å². The number of rotatable bonds is 4. The summed E-state index contributed by atoms with van der Waals surface area (Å²) in [5.74, 6) is 0.779. The van der Waals surface area contributed by atoms with Gasteiger partial charge in [-0.15, -0.1) is 0 Å². The van der Waals surface area contributed by atoms with E-state index in [1.807, 2.05) is 43.0 Å². The molecule has 144 valence electrons. The zero-order valence-electron chi connectivity index (χ0n) is 16.6. The minimum Gasteiger partial charge on any atom is -0.497 e. The summed E-state index contributed by atoms with van der Waals surface area (Å²) >= 11 is 0. The zero-order valence-corrected chi connectivity index (χ0v) is 16.6. The minimum absolute atomic E-state index is 0.0112. The molecule has 2 heterocycles. The van der Waals surface area contributed by atoms with E-state index in [0.717, 1.165) is 54.8 Å². The van der Waals surface area contributed by atoms with Crippen LogP contribution >= 0.6 is 0 Å². The van der Waals surface area contributed by atoms with Crippen LogP contribution in [0.15, 0.2) is 24.3 Å². The number of aryl methyl sites for hydroxylation is 1. The van der Waals surface area contributed by atoms with Crippen LogP contribution in [0.25, 0.3) is 0 Å². The van der Waals surface area contributed by atoms with Crippen LogP contribution in [0.4, 0.5) is 0 Å². The maximum absolute atomic E-state index is 13.4. The van der Waals surface area contributed by atoms with Crippen molar-refractivity contribution in [3.8, 4) is 5.75 Å². The second-order valence-corrected chi connectivity index (χ2v) is 7.32. The maximum Gasteiger partial charge on any atom is 0.271 e. The zero-order chi connectivity index (χ0) is 19.6. The smallest absolute Gasteiger partial charge is 0.271 e. The molecule has 1 fully saturated rings. The summed E-state index contributed by atoms with van der Waals surface area (Å²) in [5, 5.41) is 0. The number of carbonyl (C=O) groups excluding carboxylic acids is 2. The Hall–Kier alpha value is -2.56. The van der Waals surface area contributed by atoms with E-state index in [0.29, 0.717) is 11.3 Å². The molecule has 0 aliphatic carbocycles. The third-order valence-electron chi connectivity index (χ3n) is 5.52. The molecule has 1 aliphatic rings. The SMILES string of the molecule is COc1ccc([C@@H]2CCCCCN2C(=O)c2[nH]c(C)c(C(C)=O)c2C)cc1. The van der Waals surface area contributed by atoms with Gasteiger partial charge in [-0.3, -0.25) is 9.59 Å². The average molecular weight is 368 g/mol. The van der Waals surface area contributed by atoms with Gasteiger partial charge >= 0.3 is 0 Å². The van der Waals surface area contributed by atoms with E-state index in [1.165, 1.54) is 0 Å². The molecule has 27 heavy (non-hydrogen) atoms. The standard InChI is InChI=1S/C22H28N2O3/c1-14-20(16(3)25)15(2)23-21(14)22(26)24-13-7-5-6-8-19(24)17-9-11-18(27-4)12-10-17/h9-12,19,23H,5-8,13H2,1-4H3/t19-/m0/s1. The minimum atomic E-state index is -0.0224. The topological polar surface area (TPSA) is 62.4 Å². The Morgan fingerprint density at radius 1 is 1.11 bits per heavy atom. The van der Waals surface area contributed by atoms with Crippen LogP contribution in [0.2, 0.25) is 0 Å². The first-order valence-corrected chi connectivity index (χ1v) is 9.59. The predicted molar refractivity (Wildman–Crippen MR) is 106 cm³/mol. The van der Waals surface area contributed by atoms with Gasteiger partial charge < -0.3 is 14.6 Å². The van der Waals surface area contributed by atoms with Gasteiger partial charge in [-0.1, -0.05) is 25.0 Å². The number of aromatic nitrogens is 1. The van der Waals surface area contributed by atoms with Crippen molar-refractivity contribution >= 4 is 11.7 Å². The van der Waals surface area contributed by atoms with Crippen molar-refractivity contribution in [2.45, 2.75) is 52.5 Å². The highest BCUT2D eigenvalue weighted by Gasteiger charge is 2.30. The van der Waals surface area contributed by atoms with E-state index in [2.05, 4.69) is 4.98 Å². The fraction of sp³-hybridized carbons (Fsp3) is 0.455. The number of amides is 1. The first-order chi connectivity index (χ1) is 12.9. The number of ether oxygens (including phenoxy) is 1. The first kappa shape index (κ1) is 19.2. The lowest BCUT2D eigenvalue weighted by Gasteiger charge is -2.30. The van der Waals surface area contributed by atoms with Crippen LogP contribution in [0.5, 0.6) is 5.75 Å². The molecule has 1 atom stereocenters. The molecule has 1 aromatic heterocycles. The summed E-state index contributed by atoms with van der Waals surface area (Å²) in [6.07, 6.45) is 4.16. The molecular weight excluding hydrogens is 340 g/mol. The quantitative estimate of drug-likeness (QED) is 0.802. The van der Waals surface area contributed by atoms with E-state index in [4.69, 9.17) is 4.74 Å². The third-order valence-corrected chi connectivity index (χ3v) is 5.52. The van der Waals surface area contributed by atoms with Crippen LogP contribution in [0, 0.1) is 13.8 Å². The molecule has 0 spiro atoms. The summed E-state index contributed by atoms with van der Waals surface area (Å²) in [4.78, 5) is 30.5. The molecule has 5 nitrogen and oxygen atoms in total. The summed E-state index contributed by atoms with van der Waals surface area (Å²) in [6, 6.07) is 8.02. The lowest BCUT2D eigenvalue weighted by Crippen LogP contribution is -2.35. The largest absolute Gasteiger partial charge is 0.497 e. The third kappa shape index (κ3) is 3.77. The van der Waals surface area contributed by atoms with Crippen molar-refractivity contribution in [3.05, 3.63) is 52.3 Å². The highest BCUT2D eigenvalue weighted by atomic mass is 16.5. The number of ketones is 1. The number of Topliss-reactive ketones (excluding diaryl/α,β-unsaturated/α-hetero) is 1. The summed E-state index contributed by atoms with van der Waals surface area (Å²) in [7, 11) is 1.65. The number of aromatic amines is 1. The Kier molecular flexibility index (Phi) is 5.68. The fourth-order valence-electron chi connectivity index (χ4n) is 4.16.